The molecule has 78 valence electrons. The Hall–Kier alpha value is -0.820. The lowest BCUT2D eigenvalue weighted by Crippen LogP contribution is -2.35. The lowest BCUT2D eigenvalue weighted by atomic mass is 10.2. The molecular formula is C6H15N3O3S. The van der Waals surface area contributed by atoms with Crippen LogP contribution in [0.5, 0.6) is 0 Å². The summed E-state index contributed by atoms with van der Waals surface area (Å²) in [6.45, 7) is 1.88. The Bertz CT molecular complexity index is 285. The highest BCUT2D eigenvalue weighted by molar-refractivity contribution is 7.88. The largest absolute Gasteiger partial charge is 0.409 e. The number of hydrogen-bond donors (Lipinski definition) is 2. The van der Waals surface area contributed by atoms with E-state index in [1.54, 1.807) is 6.92 Å². The van der Waals surface area contributed by atoms with Crippen molar-refractivity contribution in [1.29, 1.82) is 0 Å². The Morgan fingerprint density at radius 2 is 2.15 bits per heavy atom. The van der Waals surface area contributed by atoms with Gasteiger partial charge in [0.25, 0.3) is 0 Å². The van der Waals surface area contributed by atoms with Crippen molar-refractivity contribution in [2.45, 2.75) is 6.92 Å². The molecule has 0 radical (unpaired) electrons. The molecule has 0 fully saturated rings. The Morgan fingerprint density at radius 1 is 1.69 bits per heavy atom. The third-order valence-corrected chi connectivity index (χ3v) is 3.00. The average molecular weight is 209 g/mol. The second-order valence-corrected chi connectivity index (χ2v) is 5.06. The van der Waals surface area contributed by atoms with Crippen LogP contribution in [0.25, 0.3) is 0 Å². The van der Waals surface area contributed by atoms with Gasteiger partial charge in [0, 0.05) is 19.5 Å². The van der Waals surface area contributed by atoms with Crippen LogP contribution in [0.4, 0.5) is 0 Å². The van der Waals surface area contributed by atoms with Crippen molar-refractivity contribution < 1.29 is 13.6 Å². The Balaban J connectivity index is 4.31. The number of oxime groups is 1. The van der Waals surface area contributed by atoms with Crippen molar-refractivity contribution in [2.75, 3.05) is 19.8 Å². The Morgan fingerprint density at radius 3 is 2.46 bits per heavy atom. The average Bonchev–Trinajstić information content (AvgIpc) is 2.01. The molecule has 3 N–H and O–H groups in total. The molecule has 0 spiro atoms. The predicted molar refractivity (Wildman–Crippen MR) is 50.0 cm³/mol. The zero-order valence-electron chi connectivity index (χ0n) is 7.93. The number of amidine groups is 1. The molecule has 0 aromatic heterocycles. The van der Waals surface area contributed by atoms with Crippen LogP contribution in [0.1, 0.15) is 6.92 Å². The molecule has 1 atom stereocenters. The van der Waals surface area contributed by atoms with Gasteiger partial charge in [0.15, 0.2) is 0 Å². The molecule has 0 rings (SSSR count). The van der Waals surface area contributed by atoms with Gasteiger partial charge in [0.1, 0.15) is 5.84 Å². The molecule has 0 heterocycles. The zero-order valence-corrected chi connectivity index (χ0v) is 8.74. The molecule has 7 heteroatoms. The highest BCUT2D eigenvalue weighted by Gasteiger charge is 2.16. The minimum absolute atomic E-state index is 0.0236. The van der Waals surface area contributed by atoms with E-state index in [1.807, 2.05) is 0 Å². The topological polar surface area (TPSA) is 96.0 Å². The molecule has 13 heavy (non-hydrogen) atoms. The van der Waals surface area contributed by atoms with E-state index in [4.69, 9.17) is 10.9 Å². The lowest BCUT2D eigenvalue weighted by Gasteiger charge is -2.17. The molecule has 0 aliphatic carbocycles. The van der Waals surface area contributed by atoms with Gasteiger partial charge >= 0.3 is 0 Å². The third-order valence-electron chi connectivity index (χ3n) is 1.72. The first-order valence-corrected chi connectivity index (χ1v) is 5.52. The molecule has 0 amide bonds. The molecular weight excluding hydrogens is 194 g/mol. The van der Waals surface area contributed by atoms with E-state index < -0.39 is 10.0 Å². The van der Waals surface area contributed by atoms with Crippen LogP contribution in [0.2, 0.25) is 0 Å². The monoisotopic (exact) mass is 209 g/mol. The summed E-state index contributed by atoms with van der Waals surface area (Å²) in [5.74, 6) is -0.278. The first-order valence-electron chi connectivity index (χ1n) is 3.67. The summed E-state index contributed by atoms with van der Waals surface area (Å²) in [5, 5.41) is 11.1. The van der Waals surface area contributed by atoms with Gasteiger partial charge < -0.3 is 10.9 Å². The molecule has 1 unspecified atom stereocenters. The van der Waals surface area contributed by atoms with Gasteiger partial charge in [0.05, 0.1) is 6.26 Å². The molecule has 0 aliphatic rings. The van der Waals surface area contributed by atoms with Gasteiger partial charge in [-0.25, -0.2) is 12.7 Å². The smallest absolute Gasteiger partial charge is 0.210 e. The van der Waals surface area contributed by atoms with Crippen molar-refractivity contribution >= 4 is 15.9 Å². The van der Waals surface area contributed by atoms with Gasteiger partial charge in [-0.2, -0.15) is 0 Å². The summed E-state index contributed by atoms with van der Waals surface area (Å²) in [4.78, 5) is 0. The van der Waals surface area contributed by atoms with E-state index in [0.717, 1.165) is 10.6 Å². The van der Waals surface area contributed by atoms with Crippen molar-refractivity contribution in [3.8, 4) is 0 Å². The number of nitrogens with two attached hydrogens (primary N) is 1. The number of rotatable bonds is 4. The van der Waals surface area contributed by atoms with Crippen LogP contribution in [0, 0.1) is 5.92 Å². The van der Waals surface area contributed by atoms with E-state index >= 15 is 0 Å². The number of hydrogen-bond acceptors (Lipinski definition) is 4. The van der Waals surface area contributed by atoms with Crippen LogP contribution in [-0.4, -0.2) is 43.6 Å². The fourth-order valence-electron chi connectivity index (χ4n) is 0.713. The maximum Gasteiger partial charge on any atom is 0.210 e. The van der Waals surface area contributed by atoms with Crippen LogP contribution in [0.3, 0.4) is 0 Å². The van der Waals surface area contributed by atoms with Crippen molar-refractivity contribution in [2.24, 2.45) is 16.8 Å². The summed E-state index contributed by atoms with van der Waals surface area (Å²) >= 11 is 0. The van der Waals surface area contributed by atoms with Gasteiger partial charge in [0.2, 0.25) is 10.0 Å². The van der Waals surface area contributed by atoms with Gasteiger partial charge in [-0.1, -0.05) is 12.1 Å². The minimum atomic E-state index is -3.20. The van der Waals surface area contributed by atoms with Crippen molar-refractivity contribution in [3.63, 3.8) is 0 Å². The fourth-order valence-corrected chi connectivity index (χ4v) is 1.21. The van der Waals surface area contributed by atoms with E-state index in [-0.39, 0.29) is 18.3 Å². The highest BCUT2D eigenvalue weighted by atomic mass is 32.2. The highest BCUT2D eigenvalue weighted by Crippen LogP contribution is 2.01. The second-order valence-electron chi connectivity index (χ2n) is 2.97. The molecule has 0 saturated carbocycles. The van der Waals surface area contributed by atoms with E-state index in [2.05, 4.69) is 5.16 Å². The summed E-state index contributed by atoms with van der Waals surface area (Å²) in [6.07, 6.45) is 1.10. The maximum absolute atomic E-state index is 11.0. The fraction of sp³-hybridized carbons (Fsp3) is 0.833. The number of nitrogens with zero attached hydrogens (tertiary/aromatic N) is 2. The van der Waals surface area contributed by atoms with Crippen molar-refractivity contribution in [1.82, 2.24) is 4.31 Å². The zero-order chi connectivity index (χ0) is 10.6. The summed E-state index contributed by atoms with van der Waals surface area (Å²) in [6, 6.07) is 0. The van der Waals surface area contributed by atoms with Gasteiger partial charge in [-0.3, -0.25) is 0 Å². The maximum atomic E-state index is 11.0. The first kappa shape index (κ1) is 12.2. The lowest BCUT2D eigenvalue weighted by molar-refractivity contribution is 0.312. The SMILES string of the molecule is CC(CN(C)S(C)(=O)=O)C(N)=NO. The summed E-state index contributed by atoms with van der Waals surface area (Å²) in [5.41, 5.74) is 5.29. The molecule has 0 aromatic rings. The Labute approximate surface area is 78.1 Å². The summed E-state index contributed by atoms with van der Waals surface area (Å²) in [7, 11) is -1.76. The van der Waals surface area contributed by atoms with Crippen LogP contribution >= 0.6 is 0 Å². The van der Waals surface area contributed by atoms with Crippen LogP contribution in [0.15, 0.2) is 5.16 Å². The molecule has 6 nitrogen and oxygen atoms in total. The molecule has 0 saturated heterocycles. The molecule has 0 aromatic carbocycles. The third kappa shape index (κ3) is 4.09. The molecule has 0 bridgehead atoms. The number of sulfonamides is 1. The summed E-state index contributed by atoms with van der Waals surface area (Å²) < 4.78 is 23.1. The predicted octanol–water partition coefficient (Wildman–Crippen LogP) is -0.740. The van der Waals surface area contributed by atoms with E-state index in [0.29, 0.717) is 0 Å². The first-order chi connectivity index (χ1) is 5.79. The quantitative estimate of drug-likeness (QED) is 0.276. The minimum Gasteiger partial charge on any atom is -0.409 e. The van der Waals surface area contributed by atoms with Crippen molar-refractivity contribution in [3.05, 3.63) is 0 Å². The molecule has 0 aliphatic heterocycles. The van der Waals surface area contributed by atoms with Gasteiger partial charge in [-0.15, -0.1) is 0 Å². The van der Waals surface area contributed by atoms with E-state index in [1.165, 1.54) is 7.05 Å². The van der Waals surface area contributed by atoms with Crippen LogP contribution < -0.4 is 5.73 Å². The Kier molecular flexibility index (Phi) is 4.15. The van der Waals surface area contributed by atoms with E-state index in [9.17, 15) is 8.42 Å². The van der Waals surface area contributed by atoms with Crippen LogP contribution in [-0.2, 0) is 10.0 Å². The standard InChI is InChI=1S/C6H15N3O3S/c1-5(6(7)8-10)4-9(2)13(3,11)12/h5,10H,4H2,1-3H3,(H2,7,8). The second kappa shape index (κ2) is 4.43. The normalized spacial score (nSPS) is 16.2. The van der Waals surface area contributed by atoms with Gasteiger partial charge in [-0.05, 0) is 0 Å².